The van der Waals surface area contributed by atoms with Crippen molar-refractivity contribution in [2.75, 3.05) is 23.4 Å². The molecule has 38 heavy (non-hydrogen) atoms. The van der Waals surface area contributed by atoms with Crippen molar-refractivity contribution in [3.05, 3.63) is 52.8 Å². The van der Waals surface area contributed by atoms with Crippen LogP contribution in [0.3, 0.4) is 0 Å². The Kier molecular flexibility index (Phi) is 7.21. The predicted octanol–water partition coefficient (Wildman–Crippen LogP) is 4.68. The maximum absolute atomic E-state index is 13.5. The van der Waals surface area contributed by atoms with Gasteiger partial charge in [0.2, 0.25) is 0 Å². The van der Waals surface area contributed by atoms with Crippen LogP contribution in [0.1, 0.15) is 36.1 Å². The number of halogens is 6. The van der Waals surface area contributed by atoms with Crippen molar-refractivity contribution >= 4 is 22.9 Å². The third-order valence-electron chi connectivity index (χ3n) is 5.99. The van der Waals surface area contributed by atoms with Gasteiger partial charge in [0.1, 0.15) is 11.3 Å². The average molecular weight is 542 g/mol. The normalized spacial score (nSPS) is 12.4. The fraction of sp³-hybridized carbons (Fsp3) is 0.435. The first-order valence-electron chi connectivity index (χ1n) is 11.6. The molecule has 9 nitrogen and oxygen atoms in total. The van der Waals surface area contributed by atoms with E-state index in [1.54, 1.807) is 12.4 Å². The Morgan fingerprint density at radius 1 is 0.921 bits per heavy atom. The molecule has 0 unspecified atom stereocenters. The molecule has 0 spiro atoms. The molecule has 204 valence electrons. The van der Waals surface area contributed by atoms with Crippen LogP contribution in [-0.2, 0) is 39.0 Å². The summed E-state index contributed by atoms with van der Waals surface area (Å²) in [5, 5.41) is 11.9. The molecule has 0 N–H and O–H groups in total. The van der Waals surface area contributed by atoms with Crippen LogP contribution in [0.4, 0.5) is 38.1 Å². The van der Waals surface area contributed by atoms with Gasteiger partial charge in [-0.05, 0) is 48.9 Å². The molecular formula is C23H25F6N9. The lowest BCUT2D eigenvalue weighted by molar-refractivity contribution is -0.143. The third kappa shape index (κ3) is 5.65. The minimum Gasteiger partial charge on any atom is -0.360 e. The summed E-state index contributed by atoms with van der Waals surface area (Å²) < 4.78 is 82.7. The van der Waals surface area contributed by atoms with E-state index >= 15 is 0 Å². The van der Waals surface area contributed by atoms with E-state index in [0.717, 1.165) is 4.80 Å². The molecule has 3 heterocycles. The summed E-state index contributed by atoms with van der Waals surface area (Å²) in [5.74, 6) is 0.617. The Morgan fingerprint density at radius 3 is 2.11 bits per heavy atom. The summed E-state index contributed by atoms with van der Waals surface area (Å²) in [4.78, 5) is 13.6. The molecule has 4 aromatic rings. The van der Waals surface area contributed by atoms with E-state index < -0.39 is 23.5 Å². The largest absolute Gasteiger partial charge is 0.416 e. The fourth-order valence-electron chi connectivity index (χ4n) is 3.98. The number of aryl methyl sites for hydroxylation is 2. The number of tetrazole rings is 1. The van der Waals surface area contributed by atoms with E-state index in [4.69, 9.17) is 4.98 Å². The second kappa shape index (κ2) is 10.1. The Hall–Kier alpha value is -3.91. The van der Waals surface area contributed by atoms with Gasteiger partial charge in [-0.2, -0.15) is 31.1 Å². The SMILES string of the molecule is CCN(C)c1nc2c(cc1CN(Cc1cc(C(F)(F)F)cc(C(F)(F)F)c1)c1nnn(C)n1)ncn2CC. The van der Waals surface area contributed by atoms with E-state index in [1.807, 2.05) is 30.4 Å². The van der Waals surface area contributed by atoms with Gasteiger partial charge in [-0.25, -0.2) is 9.97 Å². The second-order valence-electron chi connectivity index (χ2n) is 8.71. The van der Waals surface area contributed by atoms with Gasteiger partial charge in [0.15, 0.2) is 5.65 Å². The van der Waals surface area contributed by atoms with Crippen LogP contribution < -0.4 is 9.80 Å². The highest BCUT2D eigenvalue weighted by molar-refractivity contribution is 5.75. The number of hydrogen-bond acceptors (Lipinski definition) is 7. The molecule has 0 atom stereocenters. The standard InChI is InChI=1S/C23H25F6N9/c1-5-35(3)19-15(9-18-20(31-19)37(6-2)13-30-18)12-38(21-32-34-36(4)33-21)11-14-7-16(22(24,25)26)10-17(8-14)23(27,28)29/h7-10,13H,5-6,11-12H2,1-4H3. The molecule has 0 saturated carbocycles. The van der Waals surface area contributed by atoms with Crippen LogP contribution in [0, 0.1) is 0 Å². The number of rotatable bonds is 8. The molecule has 1 aromatic carbocycles. The highest BCUT2D eigenvalue weighted by atomic mass is 19.4. The van der Waals surface area contributed by atoms with E-state index in [2.05, 4.69) is 20.4 Å². The minimum absolute atomic E-state index is 0.0187. The van der Waals surface area contributed by atoms with Crippen LogP contribution in [0.5, 0.6) is 0 Å². The zero-order chi connectivity index (χ0) is 27.8. The van der Waals surface area contributed by atoms with Crippen molar-refractivity contribution in [2.45, 2.75) is 45.8 Å². The molecule has 0 radical (unpaired) electrons. The third-order valence-corrected chi connectivity index (χ3v) is 5.99. The molecule has 0 aliphatic rings. The van der Waals surface area contributed by atoms with Crippen molar-refractivity contribution in [1.82, 2.24) is 34.7 Å². The first-order valence-corrected chi connectivity index (χ1v) is 11.6. The second-order valence-corrected chi connectivity index (χ2v) is 8.71. The van der Waals surface area contributed by atoms with Crippen LogP contribution in [-0.4, -0.2) is 48.3 Å². The van der Waals surface area contributed by atoms with Crippen molar-refractivity contribution in [3.63, 3.8) is 0 Å². The highest BCUT2D eigenvalue weighted by Crippen LogP contribution is 2.37. The zero-order valence-corrected chi connectivity index (χ0v) is 21.0. The molecule has 3 aromatic heterocycles. The molecule has 0 fully saturated rings. The van der Waals surface area contributed by atoms with Gasteiger partial charge in [-0.3, -0.25) is 0 Å². The van der Waals surface area contributed by atoms with E-state index in [9.17, 15) is 26.3 Å². The van der Waals surface area contributed by atoms with Crippen LogP contribution in [0.15, 0.2) is 30.6 Å². The number of aromatic nitrogens is 7. The van der Waals surface area contributed by atoms with E-state index in [0.29, 0.717) is 47.8 Å². The van der Waals surface area contributed by atoms with Gasteiger partial charge in [0.05, 0.1) is 31.0 Å². The minimum atomic E-state index is -4.96. The first kappa shape index (κ1) is 27.1. The van der Waals surface area contributed by atoms with Gasteiger partial charge < -0.3 is 14.4 Å². The Morgan fingerprint density at radius 2 is 1.58 bits per heavy atom. The molecular weight excluding hydrogens is 516 g/mol. The van der Waals surface area contributed by atoms with Gasteiger partial charge in [0, 0.05) is 32.2 Å². The summed E-state index contributed by atoms with van der Waals surface area (Å²) in [7, 11) is 3.33. The quantitative estimate of drug-likeness (QED) is 0.300. The summed E-state index contributed by atoms with van der Waals surface area (Å²) >= 11 is 0. The van der Waals surface area contributed by atoms with Gasteiger partial charge in [-0.1, -0.05) is 5.10 Å². The first-order chi connectivity index (χ1) is 17.8. The predicted molar refractivity (Wildman–Crippen MR) is 127 cm³/mol. The highest BCUT2D eigenvalue weighted by Gasteiger charge is 2.37. The summed E-state index contributed by atoms with van der Waals surface area (Å²) in [5.41, 5.74) is -1.11. The Balaban J connectivity index is 1.81. The average Bonchev–Trinajstić information content (AvgIpc) is 3.46. The van der Waals surface area contributed by atoms with Gasteiger partial charge >= 0.3 is 12.4 Å². The van der Waals surface area contributed by atoms with Crippen LogP contribution in [0.2, 0.25) is 0 Å². The molecule has 0 bridgehead atoms. The molecule has 0 amide bonds. The Bertz CT molecular complexity index is 1390. The number of pyridine rings is 1. The maximum atomic E-state index is 13.5. The number of hydrogen-bond donors (Lipinski definition) is 0. The van der Waals surface area contributed by atoms with Crippen LogP contribution in [0.25, 0.3) is 11.2 Å². The lowest BCUT2D eigenvalue weighted by Gasteiger charge is -2.25. The summed E-state index contributed by atoms with van der Waals surface area (Å²) in [6.45, 7) is 4.78. The van der Waals surface area contributed by atoms with Crippen LogP contribution >= 0.6 is 0 Å². The Labute approximate surface area is 213 Å². The number of imidazole rings is 1. The van der Waals surface area contributed by atoms with Crippen molar-refractivity contribution in [2.24, 2.45) is 7.05 Å². The lowest BCUT2D eigenvalue weighted by Crippen LogP contribution is -2.27. The van der Waals surface area contributed by atoms with E-state index in [1.165, 1.54) is 11.9 Å². The topological polar surface area (TPSA) is 80.8 Å². The van der Waals surface area contributed by atoms with Gasteiger partial charge in [0.25, 0.3) is 5.95 Å². The summed E-state index contributed by atoms with van der Waals surface area (Å²) in [6, 6.07) is 3.29. The number of benzene rings is 1. The number of alkyl halides is 6. The molecule has 4 rings (SSSR count). The summed E-state index contributed by atoms with van der Waals surface area (Å²) in [6.07, 6.45) is -8.27. The van der Waals surface area contributed by atoms with Gasteiger partial charge in [-0.15, -0.1) is 5.10 Å². The molecule has 0 saturated heterocycles. The van der Waals surface area contributed by atoms with E-state index in [-0.39, 0.29) is 30.7 Å². The number of anilines is 2. The maximum Gasteiger partial charge on any atom is 0.416 e. The van der Waals surface area contributed by atoms with Crippen molar-refractivity contribution in [3.8, 4) is 0 Å². The monoisotopic (exact) mass is 541 g/mol. The number of nitrogens with zero attached hydrogens (tertiary/aromatic N) is 9. The zero-order valence-electron chi connectivity index (χ0n) is 21.0. The molecule has 15 heteroatoms. The van der Waals surface area contributed by atoms with Crippen molar-refractivity contribution < 1.29 is 26.3 Å². The lowest BCUT2D eigenvalue weighted by atomic mass is 10.0. The molecule has 0 aliphatic carbocycles. The fourth-order valence-corrected chi connectivity index (χ4v) is 3.98. The molecule has 0 aliphatic heterocycles. The number of fused-ring (bicyclic) bond motifs is 1. The van der Waals surface area contributed by atoms with Crippen molar-refractivity contribution in [1.29, 1.82) is 0 Å². The smallest absolute Gasteiger partial charge is 0.360 e.